The zero-order chi connectivity index (χ0) is 18.4. The molecule has 2 heterocycles. The Kier molecular flexibility index (Phi) is 4.34. The highest BCUT2D eigenvalue weighted by molar-refractivity contribution is 5.93. The molecule has 1 aliphatic heterocycles. The van der Waals surface area contributed by atoms with E-state index in [4.69, 9.17) is 0 Å². The number of anilines is 1. The van der Waals surface area contributed by atoms with Gasteiger partial charge in [-0.1, -0.05) is 0 Å². The topological polar surface area (TPSA) is 70.2 Å². The van der Waals surface area contributed by atoms with Crippen molar-refractivity contribution >= 4 is 11.7 Å². The number of carbonyl (C=O) groups excluding carboxylic acids is 1. The van der Waals surface area contributed by atoms with Crippen molar-refractivity contribution in [3.8, 4) is 0 Å². The maximum atomic E-state index is 12.5. The summed E-state index contributed by atoms with van der Waals surface area (Å²) in [6.45, 7) is 3.85. The summed E-state index contributed by atoms with van der Waals surface area (Å²) in [6, 6.07) is 2.17. The van der Waals surface area contributed by atoms with Crippen LogP contribution in [0.4, 0.5) is 5.82 Å². The number of carbonyl (C=O) groups is 1. The van der Waals surface area contributed by atoms with E-state index in [1.165, 1.54) is 38.5 Å². The third-order valence-corrected chi connectivity index (χ3v) is 7.47. The Labute approximate surface area is 161 Å². The predicted molar refractivity (Wildman–Crippen MR) is 105 cm³/mol. The molecule has 0 radical (unpaired) electrons. The number of hydrogen-bond donors (Lipinski definition) is 2. The van der Waals surface area contributed by atoms with E-state index in [0.717, 1.165) is 61.7 Å². The Balaban J connectivity index is 1.46. The highest BCUT2D eigenvalue weighted by Gasteiger charge is 2.51. The lowest BCUT2D eigenvalue weighted by atomic mass is 9.48. The lowest BCUT2D eigenvalue weighted by Gasteiger charge is -2.57. The smallest absolute Gasteiger partial charge is 0.271 e. The number of nitrogens with zero attached hydrogens (tertiary/aromatic N) is 3. The van der Waals surface area contributed by atoms with Gasteiger partial charge in [0, 0.05) is 33.2 Å². The maximum absolute atomic E-state index is 12.5. The van der Waals surface area contributed by atoms with Crippen molar-refractivity contribution in [3.05, 3.63) is 17.3 Å². The Morgan fingerprint density at radius 3 is 2.37 bits per heavy atom. The first-order valence-corrected chi connectivity index (χ1v) is 10.7. The molecule has 2 N–H and O–H groups in total. The minimum Gasteiger partial charge on any atom is -0.354 e. The van der Waals surface area contributed by atoms with E-state index in [1.807, 2.05) is 0 Å². The molecular weight excluding hydrogens is 338 g/mol. The van der Waals surface area contributed by atoms with Crippen molar-refractivity contribution < 1.29 is 4.79 Å². The molecular formula is C21H31N5O. The quantitative estimate of drug-likeness (QED) is 0.850. The van der Waals surface area contributed by atoms with E-state index < -0.39 is 0 Å². The van der Waals surface area contributed by atoms with Gasteiger partial charge >= 0.3 is 0 Å². The lowest BCUT2D eigenvalue weighted by molar-refractivity contribution is -0.0522. The van der Waals surface area contributed by atoms with Gasteiger partial charge in [0.2, 0.25) is 0 Å². The molecule has 5 fully saturated rings. The van der Waals surface area contributed by atoms with Gasteiger partial charge in [0.1, 0.15) is 0 Å². The highest BCUT2D eigenvalue weighted by atomic mass is 16.1. The third-order valence-electron chi connectivity index (χ3n) is 7.47. The van der Waals surface area contributed by atoms with Gasteiger partial charge in [-0.15, -0.1) is 10.2 Å². The van der Waals surface area contributed by atoms with Gasteiger partial charge in [-0.25, -0.2) is 0 Å². The normalized spacial score (nSPS) is 34.7. The predicted octanol–water partition coefficient (Wildman–Crippen LogP) is 2.00. The van der Waals surface area contributed by atoms with Crippen LogP contribution in [0.25, 0.3) is 0 Å². The fourth-order valence-corrected chi connectivity index (χ4v) is 6.82. The van der Waals surface area contributed by atoms with Crippen molar-refractivity contribution in [1.29, 1.82) is 0 Å². The minimum atomic E-state index is -0.103. The molecule has 1 aromatic rings. The Hall–Kier alpha value is -1.69. The van der Waals surface area contributed by atoms with E-state index in [2.05, 4.69) is 31.8 Å². The molecule has 146 valence electrons. The van der Waals surface area contributed by atoms with E-state index in [0.29, 0.717) is 11.1 Å². The van der Waals surface area contributed by atoms with Gasteiger partial charge in [0.25, 0.3) is 5.91 Å². The molecule has 4 bridgehead atoms. The maximum Gasteiger partial charge on any atom is 0.271 e. The summed E-state index contributed by atoms with van der Waals surface area (Å²) in [7, 11) is 1.68. The molecule has 5 aliphatic rings. The van der Waals surface area contributed by atoms with E-state index in [1.54, 1.807) is 7.05 Å². The Bertz CT molecular complexity index is 692. The minimum absolute atomic E-state index is 0.103. The molecule has 0 atom stereocenters. The van der Waals surface area contributed by atoms with Gasteiger partial charge in [0.05, 0.1) is 0 Å². The number of amides is 1. The van der Waals surface area contributed by atoms with Crippen molar-refractivity contribution in [3.63, 3.8) is 0 Å². The molecule has 4 saturated carbocycles. The Morgan fingerprint density at radius 2 is 1.78 bits per heavy atom. The summed E-state index contributed by atoms with van der Waals surface area (Å²) in [5.74, 6) is 3.59. The number of aromatic nitrogens is 2. The first kappa shape index (κ1) is 17.4. The number of nitrogens with one attached hydrogen (secondary N) is 2. The summed E-state index contributed by atoms with van der Waals surface area (Å²) in [6.07, 6.45) is 9.37. The van der Waals surface area contributed by atoms with Crippen LogP contribution >= 0.6 is 0 Å². The molecule has 6 heteroatoms. The largest absolute Gasteiger partial charge is 0.354 e. The van der Waals surface area contributed by atoms with Crippen LogP contribution in [0.2, 0.25) is 0 Å². The van der Waals surface area contributed by atoms with Crippen LogP contribution in [0.3, 0.4) is 0 Å². The molecule has 6 nitrogen and oxygen atoms in total. The second-order valence-corrected chi connectivity index (χ2v) is 9.49. The number of rotatable bonds is 4. The van der Waals surface area contributed by atoms with E-state index in [9.17, 15) is 4.79 Å². The molecule has 1 amide bonds. The highest BCUT2D eigenvalue weighted by Crippen LogP contribution is 2.61. The fraction of sp³-hybridized carbons (Fsp3) is 0.762. The zero-order valence-electron chi connectivity index (χ0n) is 16.3. The van der Waals surface area contributed by atoms with Crippen molar-refractivity contribution in [2.24, 2.45) is 23.2 Å². The van der Waals surface area contributed by atoms with Crippen molar-refractivity contribution in [1.82, 2.24) is 20.8 Å². The first-order chi connectivity index (χ1) is 13.1. The van der Waals surface area contributed by atoms with Crippen LogP contribution in [-0.2, 0) is 6.42 Å². The zero-order valence-corrected chi connectivity index (χ0v) is 16.3. The van der Waals surface area contributed by atoms with Gasteiger partial charge in [-0.2, -0.15) is 0 Å². The fourth-order valence-electron chi connectivity index (χ4n) is 6.82. The van der Waals surface area contributed by atoms with Crippen LogP contribution < -0.4 is 15.5 Å². The van der Waals surface area contributed by atoms with Gasteiger partial charge < -0.3 is 15.5 Å². The average molecular weight is 370 g/mol. The van der Waals surface area contributed by atoms with Gasteiger partial charge in [-0.05, 0) is 79.7 Å². The van der Waals surface area contributed by atoms with Crippen molar-refractivity contribution in [2.75, 3.05) is 38.1 Å². The summed E-state index contributed by atoms with van der Waals surface area (Å²) < 4.78 is 0. The standard InChI is InChI=1S/C21H31N5O/c1-22-20(27)19-17(9-18(24-25-19)26-4-2-23-3-5-26)13-21-10-14-6-15(11-21)8-16(7-14)12-21/h9,14-16,23H,2-8,10-13H2,1H3,(H,22,27). The third kappa shape index (κ3) is 3.22. The molecule has 27 heavy (non-hydrogen) atoms. The first-order valence-electron chi connectivity index (χ1n) is 10.7. The van der Waals surface area contributed by atoms with Crippen LogP contribution in [0.1, 0.15) is 54.6 Å². The monoisotopic (exact) mass is 369 g/mol. The lowest BCUT2D eigenvalue weighted by Crippen LogP contribution is -2.47. The SMILES string of the molecule is CNC(=O)c1nnc(N2CCNCC2)cc1CC12CC3CC(CC(C3)C1)C2. The van der Waals surface area contributed by atoms with E-state index in [-0.39, 0.29) is 5.91 Å². The Morgan fingerprint density at radius 1 is 1.15 bits per heavy atom. The second kappa shape index (κ2) is 6.73. The molecule has 0 spiro atoms. The second-order valence-electron chi connectivity index (χ2n) is 9.49. The summed E-state index contributed by atoms with van der Waals surface area (Å²) >= 11 is 0. The molecule has 1 saturated heterocycles. The molecule has 6 rings (SSSR count). The summed E-state index contributed by atoms with van der Waals surface area (Å²) in [4.78, 5) is 14.8. The van der Waals surface area contributed by atoms with Crippen LogP contribution in [0.5, 0.6) is 0 Å². The molecule has 4 aliphatic carbocycles. The molecule has 1 aromatic heterocycles. The van der Waals surface area contributed by atoms with Crippen LogP contribution in [-0.4, -0.2) is 49.3 Å². The van der Waals surface area contributed by atoms with Gasteiger partial charge in [0.15, 0.2) is 11.5 Å². The van der Waals surface area contributed by atoms with Crippen LogP contribution in [0, 0.1) is 23.2 Å². The summed E-state index contributed by atoms with van der Waals surface area (Å²) in [5.41, 5.74) is 2.04. The van der Waals surface area contributed by atoms with Crippen molar-refractivity contribution in [2.45, 2.75) is 44.9 Å². The van der Waals surface area contributed by atoms with Crippen LogP contribution in [0.15, 0.2) is 6.07 Å². The molecule has 0 aromatic carbocycles. The number of hydrogen-bond acceptors (Lipinski definition) is 5. The van der Waals surface area contributed by atoms with E-state index >= 15 is 0 Å². The molecule has 0 unspecified atom stereocenters. The number of piperazine rings is 1. The summed E-state index contributed by atoms with van der Waals surface area (Å²) in [5, 5.41) is 15.0. The van der Waals surface area contributed by atoms with Gasteiger partial charge in [-0.3, -0.25) is 4.79 Å². The average Bonchev–Trinajstić information content (AvgIpc) is 2.66.